The lowest BCUT2D eigenvalue weighted by atomic mass is 9.97. The van der Waals surface area contributed by atoms with Crippen LogP contribution in [0.3, 0.4) is 0 Å². The van der Waals surface area contributed by atoms with Gasteiger partial charge in [0.15, 0.2) is 0 Å². The van der Waals surface area contributed by atoms with E-state index in [4.69, 9.17) is 0 Å². The van der Waals surface area contributed by atoms with Gasteiger partial charge in [0, 0.05) is 41.8 Å². The fraction of sp³-hybridized carbons (Fsp3) is 0.238. The first-order valence-corrected chi connectivity index (χ1v) is 8.80. The Morgan fingerprint density at radius 2 is 2.04 bits per heavy atom. The van der Waals surface area contributed by atoms with Crippen molar-refractivity contribution in [2.45, 2.75) is 25.8 Å². The number of carbonyl (C=O) groups is 2. The number of hydrogen-bond acceptors (Lipinski definition) is 2. The van der Waals surface area contributed by atoms with Gasteiger partial charge in [0.1, 0.15) is 0 Å². The van der Waals surface area contributed by atoms with Crippen LogP contribution in [0.25, 0.3) is 10.9 Å². The van der Waals surface area contributed by atoms with Crippen LogP contribution in [0.4, 0.5) is 5.69 Å². The first-order chi connectivity index (χ1) is 12.5. The molecule has 2 aromatic carbocycles. The van der Waals surface area contributed by atoms with Crippen LogP contribution in [0.5, 0.6) is 0 Å². The fourth-order valence-electron chi connectivity index (χ4n) is 3.53. The third-order valence-corrected chi connectivity index (χ3v) is 5.04. The van der Waals surface area contributed by atoms with Gasteiger partial charge < -0.3 is 15.2 Å². The maximum atomic E-state index is 12.8. The molecule has 0 saturated carbocycles. The Hall–Kier alpha value is -3.08. The van der Waals surface area contributed by atoms with Crippen LogP contribution in [0.2, 0.25) is 0 Å². The number of fused-ring (bicyclic) bond motifs is 2. The van der Waals surface area contributed by atoms with Gasteiger partial charge in [-0.05, 0) is 48.7 Å². The fourth-order valence-corrected chi connectivity index (χ4v) is 3.53. The Balaban J connectivity index is 1.57. The predicted octanol–water partition coefficient (Wildman–Crippen LogP) is 3.55. The molecule has 2 heterocycles. The summed E-state index contributed by atoms with van der Waals surface area (Å²) in [5.74, 6) is -0.0251. The summed E-state index contributed by atoms with van der Waals surface area (Å²) in [6.07, 6.45) is 3.20. The van der Waals surface area contributed by atoms with Crippen LogP contribution in [-0.4, -0.2) is 16.4 Å². The maximum Gasteiger partial charge on any atom is 0.252 e. The molecule has 1 aliphatic heterocycles. The van der Waals surface area contributed by atoms with Gasteiger partial charge in [0.2, 0.25) is 5.91 Å². The summed E-state index contributed by atoms with van der Waals surface area (Å²) < 4.78 is 2.01. The van der Waals surface area contributed by atoms with Gasteiger partial charge in [-0.25, -0.2) is 0 Å². The van der Waals surface area contributed by atoms with Crippen molar-refractivity contribution in [1.82, 2.24) is 9.88 Å². The molecule has 26 heavy (non-hydrogen) atoms. The molecule has 0 aliphatic carbocycles. The Morgan fingerprint density at radius 1 is 1.19 bits per heavy atom. The molecule has 0 spiro atoms. The highest BCUT2D eigenvalue weighted by atomic mass is 16.2. The van der Waals surface area contributed by atoms with Gasteiger partial charge >= 0.3 is 0 Å². The van der Waals surface area contributed by atoms with Crippen LogP contribution in [0.1, 0.15) is 40.9 Å². The van der Waals surface area contributed by atoms with Crippen molar-refractivity contribution in [2.75, 3.05) is 5.32 Å². The normalized spacial score (nSPS) is 14.6. The summed E-state index contributed by atoms with van der Waals surface area (Å²) in [4.78, 5) is 24.3. The molecule has 0 fully saturated rings. The number of hydrogen-bond donors (Lipinski definition) is 2. The highest BCUT2D eigenvalue weighted by Gasteiger charge is 2.18. The Labute approximate surface area is 152 Å². The molecule has 5 heteroatoms. The first-order valence-electron chi connectivity index (χ1n) is 8.80. The zero-order valence-corrected chi connectivity index (χ0v) is 14.9. The largest absolute Gasteiger partial charge is 0.351 e. The highest BCUT2D eigenvalue weighted by molar-refractivity contribution is 6.06. The van der Waals surface area contributed by atoms with Crippen LogP contribution in [0, 0.1) is 0 Å². The third kappa shape index (κ3) is 2.86. The van der Waals surface area contributed by atoms with E-state index in [0.717, 1.165) is 34.1 Å². The molecule has 0 saturated heterocycles. The van der Waals surface area contributed by atoms with E-state index < -0.39 is 0 Å². The van der Waals surface area contributed by atoms with Crippen molar-refractivity contribution in [3.05, 3.63) is 65.4 Å². The number of rotatable bonds is 3. The number of nitrogens with zero attached hydrogens (tertiary/aromatic N) is 1. The third-order valence-electron chi connectivity index (χ3n) is 5.04. The summed E-state index contributed by atoms with van der Waals surface area (Å²) in [5.41, 5.74) is 4.74. The van der Waals surface area contributed by atoms with Crippen molar-refractivity contribution in [2.24, 2.45) is 7.05 Å². The molecular weight excluding hydrogens is 326 g/mol. The predicted molar refractivity (Wildman–Crippen MR) is 102 cm³/mol. The lowest BCUT2D eigenvalue weighted by Gasteiger charge is -2.20. The monoisotopic (exact) mass is 347 g/mol. The molecule has 2 amide bonds. The van der Waals surface area contributed by atoms with E-state index in [1.807, 2.05) is 61.1 Å². The van der Waals surface area contributed by atoms with Crippen molar-refractivity contribution in [3.8, 4) is 0 Å². The van der Waals surface area contributed by atoms with E-state index in [0.29, 0.717) is 12.0 Å². The van der Waals surface area contributed by atoms with Crippen molar-refractivity contribution in [1.29, 1.82) is 0 Å². The summed E-state index contributed by atoms with van der Waals surface area (Å²) >= 11 is 0. The number of benzene rings is 2. The molecule has 1 aliphatic rings. The quantitative estimate of drug-likeness (QED) is 0.761. The van der Waals surface area contributed by atoms with Gasteiger partial charge in [-0.3, -0.25) is 9.59 Å². The second kappa shape index (κ2) is 6.33. The molecule has 0 bridgehead atoms. The van der Waals surface area contributed by atoms with E-state index in [9.17, 15) is 9.59 Å². The van der Waals surface area contributed by atoms with Crippen LogP contribution >= 0.6 is 0 Å². The van der Waals surface area contributed by atoms with Gasteiger partial charge in [-0.2, -0.15) is 0 Å². The van der Waals surface area contributed by atoms with Crippen LogP contribution in [0.15, 0.2) is 48.7 Å². The summed E-state index contributed by atoms with van der Waals surface area (Å²) in [6, 6.07) is 13.6. The summed E-state index contributed by atoms with van der Waals surface area (Å²) in [7, 11) is 1.97. The Bertz CT molecular complexity index is 1020. The van der Waals surface area contributed by atoms with E-state index in [-0.39, 0.29) is 17.9 Å². The van der Waals surface area contributed by atoms with Gasteiger partial charge in [0.05, 0.1) is 6.04 Å². The van der Waals surface area contributed by atoms with Crippen LogP contribution in [-0.2, 0) is 18.3 Å². The topological polar surface area (TPSA) is 63.1 Å². The number of aryl methyl sites for hydroxylation is 2. The SMILES string of the molecule is CC(NC(=O)c1cccc2c1ccn2C)c1ccc2c(c1)CCC(=O)N2. The van der Waals surface area contributed by atoms with E-state index in [1.54, 1.807) is 0 Å². The Kier molecular flexibility index (Phi) is 3.99. The molecule has 1 atom stereocenters. The maximum absolute atomic E-state index is 12.8. The molecule has 4 rings (SSSR count). The van der Waals surface area contributed by atoms with Crippen molar-refractivity contribution < 1.29 is 9.59 Å². The van der Waals surface area contributed by atoms with Gasteiger partial charge in [-0.1, -0.05) is 18.2 Å². The lowest BCUT2D eigenvalue weighted by molar-refractivity contribution is -0.116. The number of nitrogens with one attached hydrogen (secondary N) is 2. The molecular formula is C21H21N3O2. The van der Waals surface area contributed by atoms with Gasteiger partial charge in [0.25, 0.3) is 5.91 Å². The number of carbonyl (C=O) groups excluding carboxylic acids is 2. The van der Waals surface area contributed by atoms with Crippen molar-refractivity contribution in [3.63, 3.8) is 0 Å². The number of anilines is 1. The number of aromatic nitrogens is 1. The minimum atomic E-state index is -0.121. The summed E-state index contributed by atoms with van der Waals surface area (Å²) in [5, 5.41) is 6.93. The molecule has 1 aromatic heterocycles. The van der Waals surface area contributed by atoms with E-state index in [1.165, 1.54) is 0 Å². The highest BCUT2D eigenvalue weighted by Crippen LogP contribution is 2.26. The second-order valence-electron chi connectivity index (χ2n) is 6.82. The number of amides is 2. The van der Waals surface area contributed by atoms with E-state index >= 15 is 0 Å². The average molecular weight is 347 g/mol. The minimum absolute atomic E-state index is 0.0579. The molecule has 3 aromatic rings. The molecule has 5 nitrogen and oxygen atoms in total. The second-order valence-corrected chi connectivity index (χ2v) is 6.82. The zero-order chi connectivity index (χ0) is 18.3. The molecule has 132 valence electrons. The molecule has 1 unspecified atom stereocenters. The van der Waals surface area contributed by atoms with E-state index in [2.05, 4.69) is 16.7 Å². The smallest absolute Gasteiger partial charge is 0.252 e. The molecule has 0 radical (unpaired) electrons. The zero-order valence-electron chi connectivity index (χ0n) is 14.9. The standard InChI is InChI=1S/C21H21N3O2/c1-13(14-6-8-18-15(12-14)7-9-20(25)23-18)22-21(26)17-4-3-5-19-16(17)10-11-24(19)2/h3-6,8,10-13H,7,9H2,1-2H3,(H,22,26)(H,23,25). The van der Waals surface area contributed by atoms with Gasteiger partial charge in [-0.15, -0.1) is 0 Å². The van der Waals surface area contributed by atoms with Crippen molar-refractivity contribution >= 4 is 28.4 Å². The first kappa shape index (κ1) is 16.4. The Morgan fingerprint density at radius 3 is 2.88 bits per heavy atom. The lowest BCUT2D eigenvalue weighted by Crippen LogP contribution is -2.27. The van der Waals surface area contributed by atoms with Crippen LogP contribution < -0.4 is 10.6 Å². The molecule has 2 N–H and O–H groups in total. The average Bonchev–Trinajstić information content (AvgIpc) is 3.02. The minimum Gasteiger partial charge on any atom is -0.351 e. The summed E-state index contributed by atoms with van der Waals surface area (Å²) in [6.45, 7) is 1.98.